The van der Waals surface area contributed by atoms with Crippen molar-refractivity contribution in [2.75, 3.05) is 6.61 Å². The summed E-state index contributed by atoms with van der Waals surface area (Å²) in [5, 5.41) is 12.9. The fourth-order valence-corrected chi connectivity index (χ4v) is 2.80. The Kier molecular flexibility index (Phi) is 3.92. The van der Waals surface area contributed by atoms with Crippen LogP contribution in [0.2, 0.25) is 0 Å². The number of hydrogen-bond acceptors (Lipinski definition) is 2. The molecular formula is C16H19FN2O2. The molecule has 1 aromatic heterocycles. The highest BCUT2D eigenvalue weighted by Gasteiger charge is 2.31. The molecule has 0 saturated heterocycles. The molecule has 3 N–H and O–H groups in total. The van der Waals surface area contributed by atoms with Crippen molar-refractivity contribution in [1.29, 1.82) is 0 Å². The second kappa shape index (κ2) is 5.85. The van der Waals surface area contributed by atoms with Crippen LogP contribution in [0.3, 0.4) is 0 Å². The van der Waals surface area contributed by atoms with Crippen LogP contribution in [0, 0.1) is 11.7 Å². The quantitative estimate of drug-likeness (QED) is 0.763. The smallest absolute Gasteiger partial charge is 0.224 e. The monoisotopic (exact) mass is 290 g/mol. The van der Waals surface area contributed by atoms with Crippen LogP contribution in [0.4, 0.5) is 4.39 Å². The van der Waals surface area contributed by atoms with Crippen molar-refractivity contribution in [1.82, 2.24) is 10.3 Å². The predicted octanol–water partition coefficient (Wildman–Crippen LogP) is 2.13. The second-order valence-corrected chi connectivity index (χ2v) is 5.70. The first-order valence-electron chi connectivity index (χ1n) is 7.33. The Morgan fingerprint density at radius 1 is 1.48 bits per heavy atom. The molecule has 2 aromatic rings. The number of halogens is 1. The number of nitrogens with one attached hydrogen (secondary N) is 2. The maximum absolute atomic E-state index is 13.1. The number of rotatable bonds is 6. The number of hydrogen-bond donors (Lipinski definition) is 3. The van der Waals surface area contributed by atoms with Gasteiger partial charge in [0.2, 0.25) is 5.91 Å². The van der Waals surface area contributed by atoms with Gasteiger partial charge in [0.1, 0.15) is 5.82 Å². The standard InChI is InChI=1S/C16H19FN2O2/c17-12-3-4-13-11(9-18-15(13)8-12)7-16(21)19-14(5-6-20)10-1-2-10/h3-4,8-10,14,18,20H,1-2,5-7H2,(H,19,21). The van der Waals surface area contributed by atoms with Gasteiger partial charge in [0.25, 0.3) is 0 Å². The Morgan fingerprint density at radius 2 is 2.29 bits per heavy atom. The lowest BCUT2D eigenvalue weighted by atomic mass is 10.1. The molecule has 3 rings (SSSR count). The summed E-state index contributed by atoms with van der Waals surface area (Å²) in [5.74, 6) is 0.167. The summed E-state index contributed by atoms with van der Waals surface area (Å²) in [4.78, 5) is 15.1. The van der Waals surface area contributed by atoms with Crippen LogP contribution in [0.1, 0.15) is 24.8 Å². The van der Waals surface area contributed by atoms with E-state index in [-0.39, 0.29) is 30.8 Å². The van der Waals surface area contributed by atoms with Crippen LogP contribution >= 0.6 is 0 Å². The normalized spacial score (nSPS) is 16.1. The Hall–Kier alpha value is -1.88. The molecule has 1 amide bonds. The summed E-state index contributed by atoms with van der Waals surface area (Å²) in [5.41, 5.74) is 1.56. The van der Waals surface area contributed by atoms with Gasteiger partial charge < -0.3 is 15.4 Å². The third-order valence-electron chi connectivity index (χ3n) is 4.06. The first-order valence-corrected chi connectivity index (χ1v) is 7.33. The Bertz CT molecular complexity index is 649. The molecule has 5 heteroatoms. The average Bonchev–Trinajstić information content (AvgIpc) is 3.22. The van der Waals surface area contributed by atoms with Crippen molar-refractivity contribution >= 4 is 16.8 Å². The van der Waals surface area contributed by atoms with Crippen LogP contribution in [0.25, 0.3) is 10.9 Å². The number of aromatic amines is 1. The molecule has 1 unspecified atom stereocenters. The zero-order chi connectivity index (χ0) is 14.8. The molecule has 1 aliphatic rings. The van der Waals surface area contributed by atoms with E-state index in [2.05, 4.69) is 10.3 Å². The highest BCUT2D eigenvalue weighted by molar-refractivity contribution is 5.89. The summed E-state index contributed by atoms with van der Waals surface area (Å²) in [6.45, 7) is 0.0911. The first-order chi connectivity index (χ1) is 10.2. The van der Waals surface area contributed by atoms with Crippen molar-refractivity contribution in [2.45, 2.75) is 31.7 Å². The summed E-state index contributed by atoms with van der Waals surface area (Å²) in [6.07, 6.45) is 4.87. The molecule has 21 heavy (non-hydrogen) atoms. The van der Waals surface area contributed by atoms with Crippen molar-refractivity contribution in [2.24, 2.45) is 5.92 Å². The van der Waals surface area contributed by atoms with Gasteiger partial charge in [-0.2, -0.15) is 0 Å². The van der Waals surface area contributed by atoms with Gasteiger partial charge in [0, 0.05) is 29.7 Å². The van der Waals surface area contributed by atoms with Crippen LogP contribution in [-0.2, 0) is 11.2 Å². The van der Waals surface area contributed by atoms with Crippen LogP contribution in [-0.4, -0.2) is 28.6 Å². The zero-order valence-corrected chi connectivity index (χ0v) is 11.7. The number of amides is 1. The van der Waals surface area contributed by atoms with Gasteiger partial charge in [-0.3, -0.25) is 4.79 Å². The zero-order valence-electron chi connectivity index (χ0n) is 11.7. The lowest BCUT2D eigenvalue weighted by Crippen LogP contribution is -2.38. The van der Waals surface area contributed by atoms with Crippen molar-refractivity contribution in [3.8, 4) is 0 Å². The summed E-state index contributed by atoms with van der Waals surface area (Å²) in [6, 6.07) is 4.59. The third kappa shape index (κ3) is 3.24. The highest BCUT2D eigenvalue weighted by atomic mass is 19.1. The minimum atomic E-state index is -0.294. The fourth-order valence-electron chi connectivity index (χ4n) is 2.80. The van der Waals surface area contributed by atoms with Gasteiger partial charge in [0.15, 0.2) is 0 Å². The number of fused-ring (bicyclic) bond motifs is 1. The van der Waals surface area contributed by atoms with Gasteiger partial charge in [-0.15, -0.1) is 0 Å². The van der Waals surface area contributed by atoms with Crippen molar-refractivity contribution in [3.05, 3.63) is 35.8 Å². The minimum absolute atomic E-state index is 0.0504. The lowest BCUT2D eigenvalue weighted by molar-refractivity contribution is -0.121. The predicted molar refractivity (Wildman–Crippen MR) is 78.3 cm³/mol. The number of carbonyl (C=O) groups excluding carboxylic acids is 1. The number of aliphatic hydroxyl groups excluding tert-OH is 1. The third-order valence-corrected chi connectivity index (χ3v) is 4.06. The van der Waals surface area contributed by atoms with E-state index in [9.17, 15) is 9.18 Å². The molecule has 4 nitrogen and oxygen atoms in total. The van der Waals surface area contributed by atoms with Gasteiger partial charge in [0.05, 0.1) is 6.42 Å². The molecule has 1 atom stereocenters. The summed E-state index contributed by atoms with van der Waals surface area (Å²) >= 11 is 0. The number of aromatic nitrogens is 1. The largest absolute Gasteiger partial charge is 0.396 e. The van der Waals surface area contributed by atoms with E-state index in [0.29, 0.717) is 17.9 Å². The van der Waals surface area contributed by atoms with Crippen LogP contribution in [0.15, 0.2) is 24.4 Å². The Balaban J connectivity index is 1.68. The molecule has 1 aromatic carbocycles. The lowest BCUT2D eigenvalue weighted by Gasteiger charge is -2.16. The molecule has 0 spiro atoms. The number of benzene rings is 1. The minimum Gasteiger partial charge on any atom is -0.396 e. The molecule has 1 heterocycles. The van der Waals surface area contributed by atoms with E-state index in [4.69, 9.17) is 5.11 Å². The maximum atomic E-state index is 13.1. The van der Waals surface area contributed by atoms with E-state index in [0.717, 1.165) is 23.8 Å². The number of H-pyrrole nitrogens is 1. The SMILES string of the molecule is O=C(Cc1c[nH]c2cc(F)ccc12)NC(CCO)C1CC1. The Morgan fingerprint density at radius 3 is 3.00 bits per heavy atom. The van der Waals surface area contributed by atoms with Crippen LogP contribution in [0.5, 0.6) is 0 Å². The molecule has 0 bridgehead atoms. The number of aliphatic hydroxyl groups is 1. The molecule has 0 radical (unpaired) electrons. The van der Waals surface area contributed by atoms with E-state index in [1.807, 2.05) is 0 Å². The fraction of sp³-hybridized carbons (Fsp3) is 0.438. The first kappa shape index (κ1) is 14.1. The molecule has 1 fully saturated rings. The highest BCUT2D eigenvalue weighted by Crippen LogP contribution is 2.34. The summed E-state index contributed by atoms with van der Waals surface area (Å²) in [7, 11) is 0. The molecule has 112 valence electrons. The van der Waals surface area contributed by atoms with Crippen molar-refractivity contribution < 1.29 is 14.3 Å². The molecule has 1 saturated carbocycles. The van der Waals surface area contributed by atoms with Gasteiger partial charge in [-0.25, -0.2) is 4.39 Å². The van der Waals surface area contributed by atoms with Gasteiger partial charge in [-0.05, 0) is 48.9 Å². The van der Waals surface area contributed by atoms with Gasteiger partial charge in [-0.1, -0.05) is 0 Å². The van der Waals surface area contributed by atoms with E-state index in [1.165, 1.54) is 12.1 Å². The second-order valence-electron chi connectivity index (χ2n) is 5.70. The van der Waals surface area contributed by atoms with E-state index in [1.54, 1.807) is 12.3 Å². The van der Waals surface area contributed by atoms with Gasteiger partial charge >= 0.3 is 0 Å². The molecule has 1 aliphatic carbocycles. The van der Waals surface area contributed by atoms with Crippen molar-refractivity contribution in [3.63, 3.8) is 0 Å². The maximum Gasteiger partial charge on any atom is 0.224 e. The Labute approximate surface area is 122 Å². The molecular weight excluding hydrogens is 271 g/mol. The summed E-state index contributed by atoms with van der Waals surface area (Å²) < 4.78 is 13.1. The van der Waals surface area contributed by atoms with E-state index < -0.39 is 0 Å². The number of carbonyl (C=O) groups is 1. The van der Waals surface area contributed by atoms with E-state index >= 15 is 0 Å². The average molecular weight is 290 g/mol. The molecule has 0 aliphatic heterocycles. The van der Waals surface area contributed by atoms with Crippen LogP contribution < -0.4 is 5.32 Å². The topological polar surface area (TPSA) is 65.1 Å².